The molecule has 1 atom stereocenters. The van der Waals surface area contributed by atoms with Gasteiger partial charge in [-0.2, -0.15) is 0 Å². The van der Waals surface area contributed by atoms with Crippen LogP contribution in [0, 0.1) is 0 Å². The molecule has 0 aromatic carbocycles. The zero-order valence-corrected chi connectivity index (χ0v) is 11.8. The van der Waals surface area contributed by atoms with Crippen molar-refractivity contribution in [3.8, 4) is 0 Å². The largest absolute Gasteiger partial charge is 0.472 e. The van der Waals surface area contributed by atoms with Crippen molar-refractivity contribution in [3.63, 3.8) is 0 Å². The zero-order chi connectivity index (χ0) is 12.4. The van der Waals surface area contributed by atoms with E-state index in [2.05, 4.69) is 29.8 Å². The van der Waals surface area contributed by atoms with E-state index >= 15 is 0 Å². The highest BCUT2D eigenvalue weighted by Gasteiger charge is 2.15. The molecular formula is C14H15NOS2. The van der Waals surface area contributed by atoms with Gasteiger partial charge in [-0.15, -0.1) is 22.7 Å². The summed E-state index contributed by atoms with van der Waals surface area (Å²) < 4.78 is 7.94. The Labute approximate surface area is 114 Å². The average Bonchev–Trinajstić information content (AvgIpc) is 3.04. The fourth-order valence-electron chi connectivity index (χ4n) is 2.12. The molecule has 3 aromatic heterocycles. The van der Waals surface area contributed by atoms with Gasteiger partial charge in [0.15, 0.2) is 0 Å². The Hall–Kier alpha value is -1.10. The summed E-state index contributed by atoms with van der Waals surface area (Å²) in [5, 5.41) is 5.72. The Kier molecular flexibility index (Phi) is 3.50. The predicted molar refractivity (Wildman–Crippen MR) is 78.5 cm³/mol. The quantitative estimate of drug-likeness (QED) is 0.745. The number of thiophene rings is 2. The molecule has 0 saturated heterocycles. The molecule has 0 saturated carbocycles. The Morgan fingerprint density at radius 2 is 2.28 bits per heavy atom. The minimum Gasteiger partial charge on any atom is -0.472 e. The van der Waals surface area contributed by atoms with Gasteiger partial charge in [-0.3, -0.25) is 0 Å². The molecule has 0 aliphatic heterocycles. The zero-order valence-electron chi connectivity index (χ0n) is 10.2. The molecule has 94 valence electrons. The summed E-state index contributed by atoms with van der Waals surface area (Å²) in [5.41, 5.74) is 1.25. The first kappa shape index (κ1) is 12.0. The Morgan fingerprint density at radius 3 is 3.00 bits per heavy atom. The van der Waals surface area contributed by atoms with E-state index in [1.807, 2.05) is 35.0 Å². The van der Waals surface area contributed by atoms with Crippen LogP contribution in [0.2, 0.25) is 0 Å². The highest BCUT2D eigenvalue weighted by atomic mass is 32.1. The number of nitrogens with one attached hydrogen (secondary N) is 1. The first-order valence-corrected chi connectivity index (χ1v) is 7.78. The van der Waals surface area contributed by atoms with E-state index < -0.39 is 0 Å². The fraction of sp³-hybridized carbons (Fsp3) is 0.286. The maximum atomic E-state index is 5.15. The summed E-state index contributed by atoms with van der Waals surface area (Å²) in [7, 11) is 0. The van der Waals surface area contributed by atoms with Crippen LogP contribution < -0.4 is 5.32 Å². The van der Waals surface area contributed by atoms with Gasteiger partial charge in [0.05, 0.1) is 12.5 Å². The van der Waals surface area contributed by atoms with Gasteiger partial charge in [-0.1, -0.05) is 6.92 Å². The summed E-state index contributed by atoms with van der Waals surface area (Å²) in [5.74, 6) is 0. The number of rotatable bonds is 5. The number of fused-ring (bicyclic) bond motifs is 1. The normalized spacial score (nSPS) is 13.2. The third-order valence-electron chi connectivity index (χ3n) is 2.97. The van der Waals surface area contributed by atoms with E-state index in [1.54, 1.807) is 6.26 Å². The molecule has 18 heavy (non-hydrogen) atoms. The van der Waals surface area contributed by atoms with Crippen LogP contribution in [0.25, 0.3) is 9.40 Å². The van der Waals surface area contributed by atoms with Crippen molar-refractivity contribution in [3.05, 3.63) is 46.5 Å². The van der Waals surface area contributed by atoms with Crippen LogP contribution in [0.5, 0.6) is 0 Å². The average molecular weight is 277 g/mol. The SMILES string of the molecule is CCNC(Cc1ccoc1)c1cc2sccc2s1. The molecule has 1 N–H and O–H groups in total. The standard InChI is InChI=1S/C14H15NOS2/c1-2-15-11(7-10-3-5-16-9-10)13-8-14-12(18-13)4-6-17-14/h3-6,8-9,11,15H,2,7H2,1H3. The van der Waals surface area contributed by atoms with E-state index in [-0.39, 0.29) is 0 Å². The monoisotopic (exact) mass is 277 g/mol. The van der Waals surface area contributed by atoms with Crippen molar-refractivity contribution in [2.75, 3.05) is 6.54 Å². The van der Waals surface area contributed by atoms with Gasteiger partial charge in [0.1, 0.15) is 0 Å². The highest BCUT2D eigenvalue weighted by Crippen LogP contribution is 2.34. The molecule has 0 aliphatic rings. The molecule has 0 radical (unpaired) electrons. The minimum absolute atomic E-state index is 0.386. The third-order valence-corrected chi connectivity index (χ3v) is 5.18. The smallest absolute Gasteiger partial charge is 0.0935 e. The number of furan rings is 1. The summed E-state index contributed by atoms with van der Waals surface area (Å²) in [4.78, 5) is 1.42. The Balaban J connectivity index is 1.86. The van der Waals surface area contributed by atoms with Crippen molar-refractivity contribution >= 4 is 32.1 Å². The van der Waals surface area contributed by atoms with E-state index in [1.165, 1.54) is 19.8 Å². The van der Waals surface area contributed by atoms with E-state index in [0.717, 1.165) is 13.0 Å². The lowest BCUT2D eigenvalue weighted by molar-refractivity contribution is 0.540. The second-order valence-corrected chi connectivity index (χ2v) is 6.31. The first-order chi connectivity index (χ1) is 8.86. The van der Waals surface area contributed by atoms with Gasteiger partial charge in [-0.25, -0.2) is 0 Å². The molecule has 3 rings (SSSR count). The molecule has 4 heteroatoms. The predicted octanol–water partition coefficient (Wildman–Crippen LogP) is 4.45. The summed E-state index contributed by atoms with van der Waals surface area (Å²) >= 11 is 3.71. The maximum Gasteiger partial charge on any atom is 0.0935 e. The van der Waals surface area contributed by atoms with Crippen molar-refractivity contribution in [1.29, 1.82) is 0 Å². The Morgan fingerprint density at radius 1 is 1.33 bits per heavy atom. The number of hydrogen-bond donors (Lipinski definition) is 1. The fourth-order valence-corrected chi connectivity index (χ4v) is 4.32. The molecule has 0 bridgehead atoms. The molecule has 1 unspecified atom stereocenters. The van der Waals surface area contributed by atoms with Crippen LogP contribution in [0.4, 0.5) is 0 Å². The van der Waals surface area contributed by atoms with Crippen LogP contribution >= 0.6 is 22.7 Å². The van der Waals surface area contributed by atoms with Crippen molar-refractivity contribution < 1.29 is 4.42 Å². The highest BCUT2D eigenvalue weighted by molar-refractivity contribution is 7.26. The van der Waals surface area contributed by atoms with E-state index in [0.29, 0.717) is 6.04 Å². The van der Waals surface area contributed by atoms with Gasteiger partial charge in [-0.05, 0) is 42.1 Å². The number of hydrogen-bond acceptors (Lipinski definition) is 4. The Bertz CT molecular complexity index is 580. The van der Waals surface area contributed by atoms with Gasteiger partial charge in [0.25, 0.3) is 0 Å². The summed E-state index contributed by atoms with van der Waals surface area (Å²) in [6.07, 6.45) is 4.56. The lowest BCUT2D eigenvalue weighted by Crippen LogP contribution is -2.21. The van der Waals surface area contributed by atoms with Crippen LogP contribution in [-0.4, -0.2) is 6.54 Å². The molecule has 0 spiro atoms. The van der Waals surface area contributed by atoms with Crippen LogP contribution in [0.3, 0.4) is 0 Å². The first-order valence-electron chi connectivity index (χ1n) is 6.08. The molecule has 2 nitrogen and oxygen atoms in total. The molecule has 0 aliphatic carbocycles. The van der Waals surface area contributed by atoms with Crippen LogP contribution in [0.1, 0.15) is 23.4 Å². The summed E-state index contributed by atoms with van der Waals surface area (Å²) in [6.45, 7) is 3.13. The molecule has 0 amide bonds. The molecule has 3 aromatic rings. The lowest BCUT2D eigenvalue weighted by Gasteiger charge is -2.15. The van der Waals surface area contributed by atoms with E-state index in [9.17, 15) is 0 Å². The van der Waals surface area contributed by atoms with E-state index in [4.69, 9.17) is 4.42 Å². The minimum atomic E-state index is 0.386. The maximum absolute atomic E-state index is 5.15. The van der Waals surface area contributed by atoms with Crippen molar-refractivity contribution in [1.82, 2.24) is 5.32 Å². The second kappa shape index (κ2) is 5.26. The lowest BCUT2D eigenvalue weighted by atomic mass is 10.1. The van der Waals surface area contributed by atoms with Gasteiger partial charge >= 0.3 is 0 Å². The third kappa shape index (κ3) is 2.36. The van der Waals surface area contributed by atoms with Gasteiger partial charge in [0, 0.05) is 20.3 Å². The summed E-state index contributed by atoms with van der Waals surface area (Å²) in [6, 6.07) is 6.95. The van der Waals surface area contributed by atoms with Crippen molar-refractivity contribution in [2.24, 2.45) is 0 Å². The molecule has 0 fully saturated rings. The topological polar surface area (TPSA) is 25.2 Å². The van der Waals surface area contributed by atoms with Gasteiger partial charge < -0.3 is 9.73 Å². The second-order valence-electron chi connectivity index (χ2n) is 4.24. The van der Waals surface area contributed by atoms with Crippen LogP contribution in [-0.2, 0) is 6.42 Å². The van der Waals surface area contributed by atoms with Crippen LogP contribution in [0.15, 0.2) is 40.5 Å². The van der Waals surface area contributed by atoms with Gasteiger partial charge in [0.2, 0.25) is 0 Å². The van der Waals surface area contributed by atoms with Crippen molar-refractivity contribution in [2.45, 2.75) is 19.4 Å². The molecular weight excluding hydrogens is 262 g/mol. The number of likely N-dealkylation sites (N-methyl/N-ethyl adjacent to an activating group) is 1. The molecule has 3 heterocycles.